The zero-order valence-electron chi connectivity index (χ0n) is 13.3. The molecule has 1 aromatic carbocycles. The predicted molar refractivity (Wildman–Crippen MR) is 85.8 cm³/mol. The minimum Gasteiger partial charge on any atom is -0.444 e. The van der Waals surface area contributed by atoms with Crippen LogP contribution in [0.25, 0.3) is 10.9 Å². The number of hydrogen-bond acceptors (Lipinski definition) is 2. The lowest BCUT2D eigenvalue weighted by Crippen LogP contribution is -2.44. The second kappa shape index (κ2) is 4.51. The molecule has 2 aliphatic rings. The Morgan fingerprint density at radius 2 is 2.05 bits per heavy atom. The molecule has 2 aliphatic heterocycles. The van der Waals surface area contributed by atoms with Gasteiger partial charge >= 0.3 is 6.09 Å². The first-order valence-electron chi connectivity index (χ1n) is 8.05. The Labute approximate surface area is 130 Å². The van der Waals surface area contributed by atoms with E-state index in [9.17, 15) is 4.79 Å². The van der Waals surface area contributed by atoms with Crippen molar-refractivity contribution in [2.75, 3.05) is 0 Å². The van der Waals surface area contributed by atoms with E-state index in [0.29, 0.717) is 0 Å². The minimum absolute atomic E-state index is 0.135. The van der Waals surface area contributed by atoms with Gasteiger partial charge in [-0.15, -0.1) is 0 Å². The molecule has 1 amide bonds. The number of carbonyl (C=O) groups excluding carboxylic acids is 1. The molecule has 0 spiro atoms. The molecule has 1 N–H and O–H groups in total. The van der Waals surface area contributed by atoms with Crippen LogP contribution in [0.1, 0.15) is 50.9 Å². The zero-order chi connectivity index (χ0) is 15.5. The third-order valence-electron chi connectivity index (χ3n) is 4.73. The number of aromatic amines is 1. The molecule has 4 heteroatoms. The average Bonchev–Trinajstić information content (AvgIpc) is 2.96. The van der Waals surface area contributed by atoms with Gasteiger partial charge in [0.05, 0.1) is 6.04 Å². The van der Waals surface area contributed by atoms with Crippen LogP contribution in [0.15, 0.2) is 24.3 Å². The number of amides is 1. The number of H-pyrrole nitrogens is 1. The quantitative estimate of drug-likeness (QED) is 0.793. The molecule has 2 aromatic rings. The molecule has 0 saturated carbocycles. The summed E-state index contributed by atoms with van der Waals surface area (Å²) in [5.74, 6) is 0. The normalized spacial score (nSPS) is 23.7. The minimum atomic E-state index is -0.447. The predicted octanol–water partition coefficient (Wildman–Crippen LogP) is 4.16. The van der Waals surface area contributed by atoms with Gasteiger partial charge in [0.2, 0.25) is 0 Å². The maximum Gasteiger partial charge on any atom is 0.411 e. The van der Waals surface area contributed by atoms with Gasteiger partial charge in [0.25, 0.3) is 0 Å². The molecule has 1 saturated heterocycles. The van der Waals surface area contributed by atoms with Gasteiger partial charge in [0.15, 0.2) is 0 Å². The Kier molecular flexibility index (Phi) is 2.80. The van der Waals surface area contributed by atoms with Crippen LogP contribution in [0.4, 0.5) is 4.79 Å². The van der Waals surface area contributed by atoms with E-state index in [2.05, 4.69) is 23.2 Å². The van der Waals surface area contributed by atoms with Crippen LogP contribution in [0.3, 0.4) is 0 Å². The van der Waals surface area contributed by atoms with Gasteiger partial charge in [-0.3, -0.25) is 4.90 Å². The molecule has 2 bridgehead atoms. The summed E-state index contributed by atoms with van der Waals surface area (Å²) in [4.78, 5) is 18.1. The van der Waals surface area contributed by atoms with Crippen molar-refractivity contribution in [1.82, 2.24) is 9.88 Å². The molecule has 2 atom stereocenters. The van der Waals surface area contributed by atoms with Gasteiger partial charge < -0.3 is 9.72 Å². The highest BCUT2D eigenvalue weighted by atomic mass is 16.6. The molecule has 116 valence electrons. The molecule has 1 aromatic heterocycles. The van der Waals surface area contributed by atoms with Crippen molar-refractivity contribution in [3.8, 4) is 0 Å². The van der Waals surface area contributed by atoms with Crippen molar-refractivity contribution in [3.05, 3.63) is 35.5 Å². The van der Waals surface area contributed by atoms with Crippen molar-refractivity contribution in [2.45, 2.75) is 57.7 Å². The Morgan fingerprint density at radius 3 is 2.82 bits per heavy atom. The maximum absolute atomic E-state index is 12.6. The van der Waals surface area contributed by atoms with Crippen molar-refractivity contribution in [1.29, 1.82) is 0 Å². The fourth-order valence-electron chi connectivity index (χ4n) is 3.92. The van der Waals surface area contributed by atoms with Crippen molar-refractivity contribution >= 4 is 17.0 Å². The van der Waals surface area contributed by atoms with Crippen LogP contribution < -0.4 is 0 Å². The standard InChI is InChI=1S/C18H22N2O2/c1-18(2,3)22-17(21)20-11-8-9-15(20)16-13(10-11)12-6-4-5-7-14(12)19-16/h4-7,11,15,19H,8-10H2,1-3H3. The molecule has 0 radical (unpaired) electrons. The molecule has 4 nitrogen and oxygen atoms in total. The summed E-state index contributed by atoms with van der Waals surface area (Å²) >= 11 is 0. The van der Waals surface area contributed by atoms with E-state index in [1.54, 1.807) is 0 Å². The fourth-order valence-corrected chi connectivity index (χ4v) is 3.92. The number of fused-ring (bicyclic) bond motifs is 6. The highest BCUT2D eigenvalue weighted by molar-refractivity contribution is 5.86. The van der Waals surface area contributed by atoms with E-state index in [4.69, 9.17) is 4.74 Å². The number of nitrogens with one attached hydrogen (secondary N) is 1. The Bertz CT molecular complexity index is 741. The van der Waals surface area contributed by atoms with Crippen molar-refractivity contribution in [3.63, 3.8) is 0 Å². The van der Waals surface area contributed by atoms with Gasteiger partial charge in [-0.1, -0.05) is 18.2 Å². The fraction of sp³-hybridized carbons (Fsp3) is 0.500. The maximum atomic E-state index is 12.6. The summed E-state index contributed by atoms with van der Waals surface area (Å²) in [7, 11) is 0. The lowest BCUT2D eigenvalue weighted by Gasteiger charge is -2.36. The first-order valence-corrected chi connectivity index (χ1v) is 8.05. The first-order chi connectivity index (χ1) is 10.4. The number of para-hydroxylation sites is 1. The zero-order valence-corrected chi connectivity index (χ0v) is 13.3. The van der Waals surface area contributed by atoms with Gasteiger partial charge in [-0.25, -0.2) is 4.79 Å². The van der Waals surface area contributed by atoms with E-state index in [1.807, 2.05) is 31.7 Å². The molecule has 1 fully saturated rings. The van der Waals surface area contributed by atoms with Crippen LogP contribution in [0, 0.1) is 0 Å². The second-order valence-corrected chi connectivity index (χ2v) is 7.40. The Balaban J connectivity index is 1.73. The van der Waals surface area contributed by atoms with Crippen LogP contribution in [-0.2, 0) is 11.2 Å². The number of hydrogen-bond donors (Lipinski definition) is 1. The number of benzene rings is 1. The van der Waals surface area contributed by atoms with Crippen LogP contribution in [-0.4, -0.2) is 27.6 Å². The van der Waals surface area contributed by atoms with E-state index in [1.165, 1.54) is 22.2 Å². The third kappa shape index (κ3) is 2.01. The summed E-state index contributed by atoms with van der Waals surface area (Å²) in [6.45, 7) is 5.77. The van der Waals surface area contributed by atoms with E-state index in [0.717, 1.165) is 19.3 Å². The smallest absolute Gasteiger partial charge is 0.411 e. The number of nitrogens with zero attached hydrogens (tertiary/aromatic N) is 1. The first kappa shape index (κ1) is 13.7. The molecule has 3 heterocycles. The van der Waals surface area contributed by atoms with Crippen LogP contribution >= 0.6 is 0 Å². The van der Waals surface area contributed by atoms with E-state index < -0.39 is 5.60 Å². The molecule has 4 rings (SSSR count). The summed E-state index contributed by atoms with van der Waals surface area (Å²) in [5.41, 5.74) is 3.32. The summed E-state index contributed by atoms with van der Waals surface area (Å²) in [6.07, 6.45) is 2.82. The lowest BCUT2D eigenvalue weighted by atomic mass is 9.97. The van der Waals surface area contributed by atoms with Crippen molar-refractivity contribution < 1.29 is 9.53 Å². The van der Waals surface area contributed by atoms with Crippen LogP contribution in [0.2, 0.25) is 0 Å². The second-order valence-electron chi connectivity index (χ2n) is 7.40. The van der Waals surface area contributed by atoms with Gasteiger partial charge in [-0.2, -0.15) is 0 Å². The van der Waals surface area contributed by atoms with E-state index >= 15 is 0 Å². The highest BCUT2D eigenvalue weighted by Gasteiger charge is 2.45. The molecule has 2 unspecified atom stereocenters. The van der Waals surface area contributed by atoms with Crippen molar-refractivity contribution in [2.24, 2.45) is 0 Å². The van der Waals surface area contributed by atoms with Gasteiger partial charge in [0.1, 0.15) is 5.60 Å². The number of ether oxygens (including phenoxy) is 1. The Morgan fingerprint density at radius 1 is 1.27 bits per heavy atom. The summed E-state index contributed by atoms with van der Waals surface area (Å²) < 4.78 is 5.62. The van der Waals surface area contributed by atoms with Gasteiger partial charge in [0, 0.05) is 22.6 Å². The Hall–Kier alpha value is -1.97. The number of carbonyl (C=O) groups is 1. The SMILES string of the molecule is CC(C)(C)OC(=O)N1C2CCC1c1[nH]c3ccccc3c1C2. The number of rotatable bonds is 0. The summed E-state index contributed by atoms with van der Waals surface area (Å²) in [6, 6.07) is 8.82. The monoisotopic (exact) mass is 298 g/mol. The van der Waals surface area contributed by atoms with Crippen LogP contribution in [0.5, 0.6) is 0 Å². The molecule has 0 aliphatic carbocycles. The van der Waals surface area contributed by atoms with E-state index in [-0.39, 0.29) is 18.2 Å². The largest absolute Gasteiger partial charge is 0.444 e. The summed E-state index contributed by atoms with van der Waals surface area (Å²) in [5, 5.41) is 1.30. The lowest BCUT2D eigenvalue weighted by molar-refractivity contribution is 0.0122. The topological polar surface area (TPSA) is 45.3 Å². The molecule has 22 heavy (non-hydrogen) atoms. The third-order valence-corrected chi connectivity index (χ3v) is 4.73. The average molecular weight is 298 g/mol. The van der Waals surface area contributed by atoms with Gasteiger partial charge in [-0.05, 0) is 51.7 Å². The number of aromatic nitrogens is 1. The molecular weight excluding hydrogens is 276 g/mol. The molecular formula is C18H22N2O2. The highest BCUT2D eigenvalue weighted by Crippen LogP contribution is 2.46.